The van der Waals surface area contributed by atoms with Crippen molar-refractivity contribution in [3.8, 4) is 0 Å². The Kier molecular flexibility index (Phi) is 1.26. The molecule has 1 aliphatic rings. The van der Waals surface area contributed by atoms with Crippen molar-refractivity contribution in [1.82, 2.24) is 0 Å². The molecule has 0 aliphatic heterocycles. The number of hydrogen-bond acceptors (Lipinski definition) is 0. The Hall–Kier alpha value is -0.780. The van der Waals surface area contributed by atoms with E-state index in [-0.39, 0.29) is 0 Å². The molecule has 0 aromatic heterocycles. The average Bonchev–Trinajstić information content (AvgIpc) is 2.69. The minimum atomic E-state index is 0.856. The lowest BCUT2D eigenvalue weighted by molar-refractivity contribution is 0.915. The van der Waals surface area contributed by atoms with Gasteiger partial charge in [0.05, 0.1) is 0 Å². The Balaban J connectivity index is 2.20. The van der Waals surface area contributed by atoms with Crippen molar-refractivity contribution in [3.63, 3.8) is 0 Å². The van der Waals surface area contributed by atoms with Gasteiger partial charge in [0.25, 0.3) is 0 Å². The van der Waals surface area contributed by atoms with Crippen molar-refractivity contribution in [1.29, 1.82) is 0 Å². The van der Waals surface area contributed by atoms with Gasteiger partial charge in [0.1, 0.15) is 0 Å². The molecule has 0 bridgehead atoms. The second kappa shape index (κ2) is 2.12. The van der Waals surface area contributed by atoms with E-state index in [1.54, 1.807) is 0 Å². The largest absolute Gasteiger partial charge is 0.0619 e. The molecule has 0 heterocycles. The van der Waals surface area contributed by atoms with Crippen molar-refractivity contribution >= 4 is 0 Å². The van der Waals surface area contributed by atoms with Gasteiger partial charge in [-0.15, -0.1) is 0 Å². The minimum Gasteiger partial charge on any atom is -0.0619 e. The fraction of sp³-hybridized carbons (Fsp3) is 0.400. The predicted octanol–water partition coefficient (Wildman–Crippen LogP) is 2.61. The van der Waals surface area contributed by atoms with Crippen LogP contribution in [0.4, 0.5) is 0 Å². The molecule has 0 N–H and O–H groups in total. The molecular formula is C10H11. The molecule has 2 atom stereocenters. The molecule has 1 saturated carbocycles. The summed E-state index contributed by atoms with van der Waals surface area (Å²) in [6.45, 7) is 2.31. The monoisotopic (exact) mass is 131 g/mol. The first-order valence-corrected chi connectivity index (χ1v) is 3.84. The summed E-state index contributed by atoms with van der Waals surface area (Å²) in [6, 6.07) is 11.4. The van der Waals surface area contributed by atoms with Crippen LogP contribution < -0.4 is 0 Å². The summed E-state index contributed by atoms with van der Waals surface area (Å²) in [5.74, 6) is 1.77. The van der Waals surface area contributed by atoms with Gasteiger partial charge in [0.15, 0.2) is 0 Å². The molecule has 0 nitrogen and oxygen atoms in total. The van der Waals surface area contributed by atoms with Gasteiger partial charge < -0.3 is 0 Å². The van der Waals surface area contributed by atoms with E-state index >= 15 is 0 Å². The van der Waals surface area contributed by atoms with Crippen LogP contribution >= 0.6 is 0 Å². The third-order valence-corrected chi connectivity index (χ3v) is 2.28. The first-order valence-electron chi connectivity index (χ1n) is 3.84. The summed E-state index contributed by atoms with van der Waals surface area (Å²) in [6.07, 6.45) is 1.38. The molecule has 0 amide bonds. The van der Waals surface area contributed by atoms with Crippen molar-refractivity contribution in [2.24, 2.45) is 5.92 Å². The maximum Gasteiger partial charge on any atom is -0.0133 e. The molecule has 1 aromatic carbocycles. The number of rotatable bonds is 1. The van der Waals surface area contributed by atoms with E-state index < -0.39 is 0 Å². The normalized spacial score (nSPS) is 30.1. The number of benzene rings is 1. The highest BCUT2D eigenvalue weighted by Crippen LogP contribution is 2.46. The molecule has 0 unspecified atom stereocenters. The van der Waals surface area contributed by atoms with Crippen molar-refractivity contribution in [2.75, 3.05) is 0 Å². The Morgan fingerprint density at radius 1 is 1.40 bits per heavy atom. The van der Waals surface area contributed by atoms with E-state index in [0.717, 1.165) is 11.8 Å². The van der Waals surface area contributed by atoms with Crippen LogP contribution in [0.2, 0.25) is 0 Å². The lowest BCUT2D eigenvalue weighted by atomic mass is 10.1. The maximum absolute atomic E-state index is 3.03. The Morgan fingerprint density at radius 3 is 2.50 bits per heavy atom. The van der Waals surface area contributed by atoms with Gasteiger partial charge in [-0.2, -0.15) is 0 Å². The highest BCUT2D eigenvalue weighted by atomic mass is 14.4. The van der Waals surface area contributed by atoms with Gasteiger partial charge in [-0.3, -0.25) is 0 Å². The minimum absolute atomic E-state index is 0.856. The zero-order valence-electron chi connectivity index (χ0n) is 6.17. The molecule has 2 rings (SSSR count). The summed E-state index contributed by atoms with van der Waals surface area (Å²) in [5, 5.41) is 0. The van der Waals surface area contributed by atoms with E-state index in [0.29, 0.717) is 0 Å². The highest BCUT2D eigenvalue weighted by molar-refractivity contribution is 5.24. The first kappa shape index (κ1) is 5.96. The average molecular weight is 131 g/mol. The van der Waals surface area contributed by atoms with Gasteiger partial charge in [-0.1, -0.05) is 31.2 Å². The van der Waals surface area contributed by atoms with Crippen LogP contribution in [0.15, 0.2) is 24.3 Å². The third kappa shape index (κ3) is 0.942. The molecule has 0 spiro atoms. The fourth-order valence-corrected chi connectivity index (χ4v) is 1.43. The molecule has 1 radical (unpaired) electrons. The second-order valence-corrected chi connectivity index (χ2v) is 3.15. The summed E-state index contributed by atoms with van der Waals surface area (Å²) in [7, 11) is 0. The first-order chi connectivity index (χ1) is 4.88. The van der Waals surface area contributed by atoms with E-state index in [2.05, 4.69) is 25.1 Å². The summed E-state index contributed by atoms with van der Waals surface area (Å²) in [4.78, 5) is 0. The van der Waals surface area contributed by atoms with E-state index in [1.807, 2.05) is 12.1 Å². The van der Waals surface area contributed by atoms with E-state index in [4.69, 9.17) is 0 Å². The van der Waals surface area contributed by atoms with Crippen LogP contribution in [0.25, 0.3) is 0 Å². The zero-order valence-corrected chi connectivity index (χ0v) is 6.17. The summed E-state index contributed by atoms with van der Waals surface area (Å²) >= 11 is 0. The van der Waals surface area contributed by atoms with Crippen LogP contribution in [0.1, 0.15) is 24.8 Å². The third-order valence-electron chi connectivity index (χ3n) is 2.28. The molecule has 10 heavy (non-hydrogen) atoms. The standard InChI is InChI=1S/C10H11/c1-8-7-10(8)9-5-3-2-4-6-9/h3-6,8,10H,7H2,1H3/t8-,10-/m0/s1. The van der Waals surface area contributed by atoms with Crippen LogP contribution in [-0.2, 0) is 0 Å². The maximum atomic E-state index is 3.03. The van der Waals surface area contributed by atoms with E-state index in [1.165, 1.54) is 12.0 Å². The molecule has 1 aromatic rings. The zero-order chi connectivity index (χ0) is 6.97. The Bertz CT molecular complexity index is 213. The lowest BCUT2D eigenvalue weighted by Gasteiger charge is -1.94. The van der Waals surface area contributed by atoms with Crippen LogP contribution in [-0.4, -0.2) is 0 Å². The molecular weight excluding hydrogens is 120 g/mol. The molecule has 1 fully saturated rings. The van der Waals surface area contributed by atoms with Gasteiger partial charge in [-0.25, -0.2) is 0 Å². The van der Waals surface area contributed by atoms with Gasteiger partial charge in [0, 0.05) is 0 Å². The number of hydrogen-bond donors (Lipinski definition) is 0. The smallest absolute Gasteiger partial charge is 0.0133 e. The van der Waals surface area contributed by atoms with Crippen molar-refractivity contribution < 1.29 is 0 Å². The second-order valence-electron chi connectivity index (χ2n) is 3.15. The molecule has 1 aliphatic carbocycles. The summed E-state index contributed by atoms with van der Waals surface area (Å²) in [5.41, 5.74) is 1.49. The molecule has 51 valence electrons. The molecule has 0 heteroatoms. The topological polar surface area (TPSA) is 0 Å². The van der Waals surface area contributed by atoms with Crippen LogP contribution in [0.3, 0.4) is 0 Å². The quantitative estimate of drug-likeness (QED) is 0.549. The SMILES string of the molecule is C[C@H]1C[C@@H]1c1cc[c]cc1. The Morgan fingerprint density at radius 2 is 2.00 bits per heavy atom. The van der Waals surface area contributed by atoms with E-state index in [9.17, 15) is 0 Å². The Labute approximate surface area is 61.9 Å². The lowest BCUT2D eigenvalue weighted by Crippen LogP contribution is -1.77. The highest BCUT2D eigenvalue weighted by Gasteiger charge is 2.33. The van der Waals surface area contributed by atoms with Gasteiger partial charge in [-0.05, 0) is 29.9 Å². The fourth-order valence-electron chi connectivity index (χ4n) is 1.43. The summed E-state index contributed by atoms with van der Waals surface area (Å²) < 4.78 is 0. The predicted molar refractivity (Wildman–Crippen MR) is 41.8 cm³/mol. The van der Waals surface area contributed by atoms with Gasteiger partial charge >= 0.3 is 0 Å². The van der Waals surface area contributed by atoms with Gasteiger partial charge in [0.2, 0.25) is 0 Å². The van der Waals surface area contributed by atoms with Crippen LogP contribution in [0, 0.1) is 12.0 Å². The molecule has 0 saturated heterocycles. The van der Waals surface area contributed by atoms with Crippen molar-refractivity contribution in [2.45, 2.75) is 19.3 Å². The van der Waals surface area contributed by atoms with Crippen LogP contribution in [0.5, 0.6) is 0 Å². The van der Waals surface area contributed by atoms with Crippen molar-refractivity contribution in [3.05, 3.63) is 35.9 Å².